The summed E-state index contributed by atoms with van der Waals surface area (Å²) in [5, 5.41) is 0.118. The summed E-state index contributed by atoms with van der Waals surface area (Å²) in [4.78, 5) is 29.4. The normalized spacial score (nSPS) is 15.9. The van der Waals surface area contributed by atoms with Gasteiger partial charge in [-0.15, -0.1) is 0 Å². The second-order valence-corrected chi connectivity index (χ2v) is 8.01. The molecule has 0 unspecified atom stereocenters. The zero-order valence-corrected chi connectivity index (χ0v) is 18.7. The van der Waals surface area contributed by atoms with Crippen LogP contribution in [0.4, 0.5) is 11.4 Å². The van der Waals surface area contributed by atoms with E-state index in [4.69, 9.17) is 12.2 Å². The number of halogens is 1. The summed E-state index contributed by atoms with van der Waals surface area (Å²) >= 11 is 9.00. The fraction of sp³-hybridized carbons (Fsp3) is 0. The van der Waals surface area contributed by atoms with Gasteiger partial charge in [0.05, 0.1) is 11.4 Å². The smallest absolute Gasteiger partial charge is 0.268 e. The Bertz CT molecular complexity index is 1190. The number of allylic oxidation sites excluding steroid dienone is 2. The maximum atomic E-state index is 13.3. The average Bonchev–Trinajstić information content (AvgIpc) is 2.79. The minimum absolute atomic E-state index is 0.0348. The van der Waals surface area contributed by atoms with Crippen LogP contribution >= 0.6 is 28.1 Å². The lowest BCUT2D eigenvalue weighted by Crippen LogP contribution is -2.57. The van der Waals surface area contributed by atoms with Gasteiger partial charge in [0.25, 0.3) is 11.8 Å². The van der Waals surface area contributed by atoms with Gasteiger partial charge in [-0.2, -0.15) is 0 Å². The third-order valence-corrected chi connectivity index (χ3v) is 5.59. The van der Waals surface area contributed by atoms with E-state index in [0.29, 0.717) is 11.4 Å². The second-order valence-electron chi connectivity index (χ2n) is 6.73. The molecule has 2 amide bonds. The Kier molecular flexibility index (Phi) is 6.21. The molecule has 1 saturated heterocycles. The van der Waals surface area contributed by atoms with Crippen molar-refractivity contribution in [3.8, 4) is 0 Å². The van der Waals surface area contributed by atoms with Gasteiger partial charge in [-0.1, -0.05) is 76.6 Å². The lowest BCUT2D eigenvalue weighted by molar-refractivity contribution is -0.120. The highest BCUT2D eigenvalue weighted by atomic mass is 79.9. The molecule has 1 aliphatic rings. The van der Waals surface area contributed by atoms with E-state index in [-0.39, 0.29) is 10.7 Å². The van der Waals surface area contributed by atoms with Crippen molar-refractivity contribution in [2.24, 2.45) is 0 Å². The molecule has 0 bridgehead atoms. The first-order valence-electron chi connectivity index (χ1n) is 9.53. The molecule has 4 rings (SSSR count). The maximum Gasteiger partial charge on any atom is 0.270 e. The first-order valence-corrected chi connectivity index (χ1v) is 10.7. The molecule has 1 aliphatic heterocycles. The molecule has 152 valence electrons. The highest BCUT2D eigenvalue weighted by Gasteiger charge is 2.40. The zero-order valence-electron chi connectivity index (χ0n) is 16.3. The van der Waals surface area contributed by atoms with Crippen LogP contribution in [0, 0.1) is 0 Å². The summed E-state index contributed by atoms with van der Waals surface area (Å²) in [6.45, 7) is 0. The van der Waals surface area contributed by atoms with Crippen molar-refractivity contribution in [3.63, 3.8) is 0 Å². The summed E-state index contributed by atoms with van der Waals surface area (Å²) in [6, 6.07) is 26.0. The van der Waals surface area contributed by atoms with E-state index in [1.165, 1.54) is 9.80 Å². The van der Waals surface area contributed by atoms with Crippen LogP contribution in [-0.2, 0) is 9.59 Å². The molecule has 1 heterocycles. The van der Waals surface area contributed by atoms with E-state index >= 15 is 0 Å². The van der Waals surface area contributed by atoms with Gasteiger partial charge in [0.2, 0.25) is 0 Å². The minimum atomic E-state index is -0.456. The van der Waals surface area contributed by atoms with Crippen LogP contribution in [0.15, 0.2) is 107 Å². The number of para-hydroxylation sites is 1. The zero-order chi connectivity index (χ0) is 21.8. The Hall–Kier alpha value is -3.35. The number of anilines is 2. The quantitative estimate of drug-likeness (QED) is 0.266. The van der Waals surface area contributed by atoms with Crippen LogP contribution in [0.3, 0.4) is 0 Å². The monoisotopic (exact) mass is 488 g/mol. The predicted octanol–water partition coefficient (Wildman–Crippen LogP) is 5.75. The molecule has 3 aromatic carbocycles. The van der Waals surface area contributed by atoms with Gasteiger partial charge in [0.1, 0.15) is 5.57 Å². The van der Waals surface area contributed by atoms with E-state index < -0.39 is 11.8 Å². The number of benzene rings is 3. The molecule has 3 aromatic rings. The molecular formula is C25H17BrN2O2S. The molecular weight excluding hydrogens is 472 g/mol. The van der Waals surface area contributed by atoms with E-state index in [0.717, 1.165) is 10.0 Å². The molecule has 0 N–H and O–H groups in total. The van der Waals surface area contributed by atoms with Crippen molar-refractivity contribution in [3.05, 3.63) is 113 Å². The van der Waals surface area contributed by atoms with Crippen molar-refractivity contribution in [2.45, 2.75) is 0 Å². The molecule has 1 fully saturated rings. The topological polar surface area (TPSA) is 40.6 Å². The summed E-state index contributed by atoms with van der Waals surface area (Å²) in [5.41, 5.74) is 2.19. The van der Waals surface area contributed by atoms with Gasteiger partial charge in [0.15, 0.2) is 5.11 Å². The van der Waals surface area contributed by atoms with Crippen LogP contribution in [0.2, 0.25) is 0 Å². The lowest BCUT2D eigenvalue weighted by Gasteiger charge is -2.36. The largest absolute Gasteiger partial charge is 0.270 e. The molecule has 0 aromatic heterocycles. The van der Waals surface area contributed by atoms with Gasteiger partial charge < -0.3 is 0 Å². The average molecular weight is 489 g/mol. The molecule has 0 radical (unpaired) electrons. The summed E-state index contributed by atoms with van der Waals surface area (Å²) in [5.74, 6) is -0.908. The standard InChI is InChI=1S/C25H17BrN2O2S/c26-19-14-16-21(17-15-19)28-24(30)22(13-7-10-18-8-3-1-4-9-18)23(29)27(25(28)31)20-11-5-2-6-12-20/h1-17H/b10-7+,22-13+. The van der Waals surface area contributed by atoms with E-state index in [2.05, 4.69) is 15.9 Å². The molecule has 0 saturated carbocycles. The number of hydrogen-bond acceptors (Lipinski definition) is 3. The highest BCUT2D eigenvalue weighted by Crippen LogP contribution is 2.29. The SMILES string of the molecule is O=C1/C(=C\C=C\c2ccccc2)C(=O)N(c2ccc(Br)cc2)C(=S)N1c1ccccc1. The minimum Gasteiger partial charge on any atom is -0.268 e. The van der Waals surface area contributed by atoms with Crippen molar-refractivity contribution in [2.75, 3.05) is 9.80 Å². The summed E-state index contributed by atoms with van der Waals surface area (Å²) in [6.07, 6.45) is 5.09. The van der Waals surface area contributed by atoms with Gasteiger partial charge >= 0.3 is 0 Å². The van der Waals surface area contributed by atoms with Gasteiger partial charge in [-0.25, -0.2) is 0 Å². The lowest BCUT2D eigenvalue weighted by atomic mass is 10.1. The van der Waals surface area contributed by atoms with Gasteiger partial charge in [-0.05, 0) is 60.3 Å². The predicted molar refractivity (Wildman–Crippen MR) is 132 cm³/mol. The van der Waals surface area contributed by atoms with Crippen LogP contribution in [0.5, 0.6) is 0 Å². The van der Waals surface area contributed by atoms with Crippen molar-refractivity contribution >= 4 is 62.5 Å². The van der Waals surface area contributed by atoms with Gasteiger partial charge in [0, 0.05) is 4.47 Å². The second kappa shape index (κ2) is 9.20. The number of amides is 2. The van der Waals surface area contributed by atoms with Crippen molar-refractivity contribution in [1.29, 1.82) is 0 Å². The van der Waals surface area contributed by atoms with E-state index in [1.807, 2.05) is 66.7 Å². The Labute approximate surface area is 194 Å². The number of carbonyl (C=O) groups excluding carboxylic acids is 2. The molecule has 4 nitrogen and oxygen atoms in total. The van der Waals surface area contributed by atoms with Crippen LogP contribution < -0.4 is 9.80 Å². The Morgan fingerprint density at radius 2 is 1.23 bits per heavy atom. The number of hydrogen-bond donors (Lipinski definition) is 0. The Morgan fingerprint density at radius 3 is 1.81 bits per heavy atom. The molecule has 0 aliphatic carbocycles. The van der Waals surface area contributed by atoms with Crippen LogP contribution in [-0.4, -0.2) is 16.9 Å². The Morgan fingerprint density at radius 1 is 0.710 bits per heavy atom. The number of nitrogens with zero attached hydrogens (tertiary/aromatic N) is 2. The number of rotatable bonds is 4. The number of thiocarbonyl (C=S) groups is 1. The van der Waals surface area contributed by atoms with E-state index in [9.17, 15) is 9.59 Å². The maximum absolute atomic E-state index is 13.3. The van der Waals surface area contributed by atoms with Crippen molar-refractivity contribution < 1.29 is 9.59 Å². The third-order valence-electron chi connectivity index (χ3n) is 4.70. The fourth-order valence-electron chi connectivity index (χ4n) is 3.19. The first kappa shape index (κ1) is 20.9. The van der Waals surface area contributed by atoms with Crippen molar-refractivity contribution in [1.82, 2.24) is 0 Å². The highest BCUT2D eigenvalue weighted by molar-refractivity contribution is 9.10. The van der Waals surface area contributed by atoms with E-state index in [1.54, 1.807) is 36.4 Å². The van der Waals surface area contributed by atoms with Crippen LogP contribution in [0.25, 0.3) is 6.08 Å². The molecule has 31 heavy (non-hydrogen) atoms. The molecule has 6 heteroatoms. The molecule has 0 atom stereocenters. The third kappa shape index (κ3) is 4.40. The first-order chi connectivity index (χ1) is 15.1. The van der Waals surface area contributed by atoms with Crippen LogP contribution in [0.1, 0.15) is 5.56 Å². The molecule has 0 spiro atoms. The Balaban J connectivity index is 1.78. The number of carbonyl (C=O) groups is 2. The van der Waals surface area contributed by atoms with Gasteiger partial charge in [-0.3, -0.25) is 19.4 Å². The fourth-order valence-corrected chi connectivity index (χ4v) is 3.83. The summed E-state index contributed by atoms with van der Waals surface area (Å²) < 4.78 is 0.879. The summed E-state index contributed by atoms with van der Waals surface area (Å²) in [7, 11) is 0.